The second-order valence-electron chi connectivity index (χ2n) is 19.2. The van der Waals surface area contributed by atoms with E-state index in [0.717, 1.165) is 96.6 Å². The van der Waals surface area contributed by atoms with Crippen molar-refractivity contribution < 1.29 is 30.0 Å². The maximum atomic E-state index is 13.1. The fourth-order valence-electron chi connectivity index (χ4n) is 9.05. The molecule has 10 nitrogen and oxygen atoms in total. The quantitative estimate of drug-likeness (QED) is 0.0332. The van der Waals surface area contributed by atoms with Crippen LogP contribution in [0.2, 0.25) is 0 Å². The minimum Gasteiger partial charge on any atom is -0.392 e. The van der Waals surface area contributed by atoms with Crippen LogP contribution in [0.15, 0.2) is 0 Å². The number of unbranched alkanes of at least 4 members (excludes halogenated alkanes) is 23. The zero-order valence-corrected chi connectivity index (χ0v) is 40.5. The third-order valence-corrected chi connectivity index (χ3v) is 12.8. The second kappa shape index (κ2) is 40.2. The van der Waals surface area contributed by atoms with Gasteiger partial charge in [0.05, 0.1) is 24.4 Å². The second-order valence-corrected chi connectivity index (χ2v) is 19.2. The summed E-state index contributed by atoms with van der Waals surface area (Å²) in [6.45, 7) is 12.2. The molecule has 0 spiro atoms. The highest BCUT2D eigenvalue weighted by Gasteiger charge is 2.33. The van der Waals surface area contributed by atoms with E-state index in [1.54, 1.807) is 6.92 Å². The van der Waals surface area contributed by atoms with Crippen LogP contribution in [0, 0.1) is 0 Å². The number of aliphatic hydroxyl groups is 4. The molecule has 1 aliphatic rings. The molecule has 0 bridgehead atoms. The standard InChI is InChI=1S/C51H102N4O6/c1-5-8-11-14-17-20-23-26-33-45(57)41-54(40-44(4)56)38-31-29-36-48-50(60)53-49(51(61)52-48)37-30-32-39-55(42-46(58)34-27-24-21-18-15-12-9-6-2)43-47(59)35-28-25-22-19-16-13-10-7-3/h44-49,56-59H,5-43H2,1-4H3,(H,52,61)(H,53,60)/t44-,45+,46+,47+,48+,49-/m0/s1. The molecule has 0 aromatic rings. The van der Waals surface area contributed by atoms with E-state index in [4.69, 9.17) is 0 Å². The summed E-state index contributed by atoms with van der Waals surface area (Å²) in [7, 11) is 0. The molecule has 6 atom stereocenters. The normalized spacial score (nSPS) is 17.8. The lowest BCUT2D eigenvalue weighted by molar-refractivity contribution is -0.137. The zero-order chi connectivity index (χ0) is 44.8. The van der Waals surface area contributed by atoms with E-state index in [0.29, 0.717) is 39.0 Å². The molecule has 61 heavy (non-hydrogen) atoms. The molecule has 0 aromatic carbocycles. The zero-order valence-electron chi connectivity index (χ0n) is 40.5. The monoisotopic (exact) mass is 867 g/mol. The largest absolute Gasteiger partial charge is 0.392 e. The summed E-state index contributed by atoms with van der Waals surface area (Å²) in [4.78, 5) is 30.5. The molecule has 1 rings (SSSR count). The Kier molecular flexibility index (Phi) is 38.1. The predicted octanol–water partition coefficient (Wildman–Crippen LogP) is 9.97. The fraction of sp³-hybridized carbons (Fsp3) is 0.961. The molecular weight excluding hydrogens is 765 g/mol. The average molecular weight is 867 g/mol. The Hall–Kier alpha value is -1.30. The van der Waals surface area contributed by atoms with Crippen molar-refractivity contribution in [3.63, 3.8) is 0 Å². The topological polar surface area (TPSA) is 146 Å². The summed E-state index contributed by atoms with van der Waals surface area (Å²) < 4.78 is 0. The molecule has 1 fully saturated rings. The van der Waals surface area contributed by atoms with Gasteiger partial charge in [0.1, 0.15) is 12.1 Å². The molecule has 0 aromatic heterocycles. The van der Waals surface area contributed by atoms with E-state index in [1.807, 2.05) is 0 Å². The summed E-state index contributed by atoms with van der Waals surface area (Å²) in [5.74, 6) is -0.246. The number of hydrogen-bond acceptors (Lipinski definition) is 8. The Morgan fingerprint density at radius 1 is 0.410 bits per heavy atom. The van der Waals surface area contributed by atoms with E-state index < -0.39 is 36.5 Å². The Morgan fingerprint density at radius 3 is 0.984 bits per heavy atom. The van der Waals surface area contributed by atoms with Crippen LogP contribution in [0.5, 0.6) is 0 Å². The van der Waals surface area contributed by atoms with Gasteiger partial charge < -0.3 is 31.1 Å². The van der Waals surface area contributed by atoms with Crippen molar-refractivity contribution in [1.82, 2.24) is 20.4 Å². The van der Waals surface area contributed by atoms with Gasteiger partial charge >= 0.3 is 0 Å². The number of piperazine rings is 1. The number of carbonyl (C=O) groups is 2. The minimum absolute atomic E-state index is 0.122. The highest BCUT2D eigenvalue weighted by Crippen LogP contribution is 2.17. The van der Waals surface area contributed by atoms with Gasteiger partial charge in [0.15, 0.2) is 0 Å². The Balaban J connectivity index is 2.47. The summed E-state index contributed by atoms with van der Waals surface area (Å²) in [6, 6.07) is -1.08. The Labute approximate surface area is 376 Å². The number of nitrogens with zero attached hydrogens (tertiary/aromatic N) is 2. The molecule has 10 heteroatoms. The third kappa shape index (κ3) is 33.8. The first kappa shape index (κ1) is 57.7. The van der Waals surface area contributed by atoms with Crippen molar-refractivity contribution in [1.29, 1.82) is 0 Å². The molecule has 2 amide bonds. The summed E-state index contributed by atoms with van der Waals surface area (Å²) in [5.41, 5.74) is 0. The van der Waals surface area contributed by atoms with Crippen LogP contribution in [0.4, 0.5) is 0 Å². The third-order valence-electron chi connectivity index (χ3n) is 12.8. The number of amides is 2. The molecule has 1 heterocycles. The van der Waals surface area contributed by atoms with Crippen molar-refractivity contribution in [3.8, 4) is 0 Å². The summed E-state index contributed by atoms with van der Waals surface area (Å²) in [6.07, 6.45) is 34.7. The molecule has 0 aliphatic carbocycles. The summed E-state index contributed by atoms with van der Waals surface area (Å²) >= 11 is 0. The molecular formula is C51H102N4O6. The fourth-order valence-corrected chi connectivity index (χ4v) is 9.05. The minimum atomic E-state index is -0.540. The van der Waals surface area contributed by atoms with Crippen LogP contribution < -0.4 is 10.6 Å². The van der Waals surface area contributed by atoms with E-state index in [2.05, 4.69) is 41.2 Å². The smallest absolute Gasteiger partial charge is 0.243 e. The molecule has 1 saturated heterocycles. The highest BCUT2D eigenvalue weighted by molar-refractivity contribution is 5.96. The van der Waals surface area contributed by atoms with E-state index in [1.165, 1.54) is 116 Å². The molecule has 0 radical (unpaired) electrons. The van der Waals surface area contributed by atoms with E-state index in [9.17, 15) is 30.0 Å². The number of aliphatic hydroxyl groups excluding tert-OH is 4. The molecule has 1 aliphatic heterocycles. The number of nitrogens with one attached hydrogen (secondary N) is 2. The maximum absolute atomic E-state index is 13.1. The van der Waals surface area contributed by atoms with E-state index >= 15 is 0 Å². The first-order valence-electron chi connectivity index (χ1n) is 26.4. The summed E-state index contributed by atoms with van der Waals surface area (Å²) in [5, 5.41) is 48.7. The number of carbonyl (C=O) groups excluding carboxylic acids is 2. The van der Waals surface area contributed by atoms with Gasteiger partial charge in [-0.15, -0.1) is 0 Å². The van der Waals surface area contributed by atoms with E-state index in [-0.39, 0.29) is 11.8 Å². The van der Waals surface area contributed by atoms with Gasteiger partial charge in [-0.05, 0) is 77.8 Å². The van der Waals surface area contributed by atoms with Crippen LogP contribution in [0.1, 0.15) is 240 Å². The Morgan fingerprint density at radius 2 is 0.689 bits per heavy atom. The lowest BCUT2D eigenvalue weighted by atomic mass is 10.0. The number of hydrogen-bond donors (Lipinski definition) is 6. The van der Waals surface area contributed by atoms with Crippen LogP contribution >= 0.6 is 0 Å². The van der Waals surface area contributed by atoms with Crippen molar-refractivity contribution in [2.24, 2.45) is 0 Å². The number of rotatable bonds is 45. The van der Waals surface area contributed by atoms with Gasteiger partial charge in [-0.3, -0.25) is 19.4 Å². The maximum Gasteiger partial charge on any atom is 0.243 e. The van der Waals surface area contributed by atoms with Crippen LogP contribution in [-0.2, 0) is 9.59 Å². The van der Waals surface area contributed by atoms with Gasteiger partial charge in [-0.1, -0.05) is 175 Å². The lowest BCUT2D eigenvalue weighted by Gasteiger charge is -2.31. The van der Waals surface area contributed by atoms with Crippen LogP contribution in [0.25, 0.3) is 0 Å². The van der Waals surface area contributed by atoms with Crippen molar-refractivity contribution in [2.75, 3.05) is 39.3 Å². The van der Waals surface area contributed by atoms with Crippen LogP contribution in [-0.4, -0.2) is 118 Å². The predicted molar refractivity (Wildman–Crippen MR) is 256 cm³/mol. The van der Waals surface area contributed by atoms with Gasteiger partial charge in [0, 0.05) is 26.2 Å². The molecule has 6 N–H and O–H groups in total. The van der Waals surface area contributed by atoms with Crippen molar-refractivity contribution in [2.45, 2.75) is 276 Å². The highest BCUT2D eigenvalue weighted by atomic mass is 16.3. The first-order valence-corrected chi connectivity index (χ1v) is 26.4. The van der Waals surface area contributed by atoms with Gasteiger partial charge in [0.2, 0.25) is 11.8 Å². The van der Waals surface area contributed by atoms with Crippen LogP contribution in [0.3, 0.4) is 0 Å². The average Bonchev–Trinajstić information content (AvgIpc) is 3.22. The Bertz CT molecular complexity index is 976. The molecule has 0 unspecified atom stereocenters. The van der Waals surface area contributed by atoms with Gasteiger partial charge in [0.25, 0.3) is 0 Å². The van der Waals surface area contributed by atoms with Crippen molar-refractivity contribution in [3.05, 3.63) is 0 Å². The van der Waals surface area contributed by atoms with Gasteiger partial charge in [-0.25, -0.2) is 0 Å². The molecule has 362 valence electrons. The lowest BCUT2D eigenvalue weighted by Crippen LogP contribution is -2.61. The molecule has 0 saturated carbocycles. The van der Waals surface area contributed by atoms with Crippen molar-refractivity contribution >= 4 is 11.8 Å². The first-order chi connectivity index (χ1) is 29.6. The SMILES string of the molecule is CCCCCCCCCC[C@@H](O)CN(CCCC[C@@H]1NC(=O)[C@@H](CCCCN(C[C@H](O)CCCCCCCCCC)C[C@H](C)O)NC1=O)C[C@H](O)CCCCCCCCCC. The van der Waals surface area contributed by atoms with Gasteiger partial charge in [-0.2, -0.15) is 0 Å².